The number of ether oxygens (including phenoxy) is 3. The first-order valence-corrected chi connectivity index (χ1v) is 6.77. The molecule has 0 amide bonds. The molecule has 0 saturated heterocycles. The van der Waals surface area contributed by atoms with E-state index in [1.165, 1.54) is 6.07 Å². The highest BCUT2D eigenvalue weighted by molar-refractivity contribution is 9.10. The van der Waals surface area contributed by atoms with Gasteiger partial charge < -0.3 is 14.2 Å². The van der Waals surface area contributed by atoms with Gasteiger partial charge in [0.2, 0.25) is 0 Å². The van der Waals surface area contributed by atoms with Gasteiger partial charge >= 0.3 is 0 Å². The summed E-state index contributed by atoms with van der Waals surface area (Å²) < 4.78 is 29.8. The molecule has 0 aliphatic heterocycles. The highest BCUT2D eigenvalue weighted by Gasteiger charge is 2.10. The lowest BCUT2D eigenvalue weighted by Gasteiger charge is -2.18. The van der Waals surface area contributed by atoms with Crippen molar-refractivity contribution in [2.24, 2.45) is 0 Å². The minimum absolute atomic E-state index is 0.284. The van der Waals surface area contributed by atoms with Crippen molar-refractivity contribution in [3.8, 4) is 5.75 Å². The van der Waals surface area contributed by atoms with Gasteiger partial charge in [0.05, 0.1) is 4.47 Å². The Morgan fingerprint density at radius 3 is 2.67 bits per heavy atom. The molecular weight excluding hydrogens is 303 g/mol. The Labute approximate surface area is 115 Å². The molecule has 0 heterocycles. The minimum Gasteiger partial charge on any atom is -0.488 e. The Kier molecular flexibility index (Phi) is 7.23. The molecule has 3 nitrogen and oxygen atoms in total. The third-order valence-electron chi connectivity index (χ3n) is 2.14. The second kappa shape index (κ2) is 8.45. The average Bonchev–Trinajstić information content (AvgIpc) is 2.37. The van der Waals surface area contributed by atoms with Gasteiger partial charge in [-0.15, -0.1) is 0 Å². The van der Waals surface area contributed by atoms with Gasteiger partial charge in [0.25, 0.3) is 0 Å². The van der Waals surface area contributed by atoms with Crippen molar-refractivity contribution in [2.45, 2.75) is 26.6 Å². The van der Waals surface area contributed by atoms with E-state index in [4.69, 9.17) is 14.2 Å². The van der Waals surface area contributed by atoms with E-state index in [2.05, 4.69) is 15.9 Å². The largest absolute Gasteiger partial charge is 0.488 e. The maximum atomic E-state index is 13.0. The Bertz CT molecular complexity index is 360. The number of hydrogen-bond acceptors (Lipinski definition) is 3. The molecule has 18 heavy (non-hydrogen) atoms. The molecule has 5 heteroatoms. The molecule has 1 rings (SSSR count). The van der Waals surface area contributed by atoms with Crippen LogP contribution < -0.4 is 4.74 Å². The van der Waals surface area contributed by atoms with E-state index < -0.39 is 6.29 Å². The summed E-state index contributed by atoms with van der Waals surface area (Å²) >= 11 is 3.11. The van der Waals surface area contributed by atoms with Crippen LogP contribution in [0.5, 0.6) is 5.75 Å². The maximum absolute atomic E-state index is 13.0. The molecule has 102 valence electrons. The lowest BCUT2D eigenvalue weighted by molar-refractivity contribution is -0.155. The van der Waals surface area contributed by atoms with Crippen molar-refractivity contribution in [1.29, 1.82) is 0 Å². The molecule has 1 atom stereocenters. The van der Waals surface area contributed by atoms with Gasteiger partial charge in [-0.25, -0.2) is 4.39 Å². The monoisotopic (exact) mass is 320 g/mol. The predicted molar refractivity (Wildman–Crippen MR) is 71.3 cm³/mol. The highest BCUT2D eigenvalue weighted by Crippen LogP contribution is 2.21. The van der Waals surface area contributed by atoms with Crippen LogP contribution in [0, 0.1) is 5.82 Å². The lowest BCUT2D eigenvalue weighted by Crippen LogP contribution is -2.25. The zero-order chi connectivity index (χ0) is 13.4. The van der Waals surface area contributed by atoms with E-state index >= 15 is 0 Å². The van der Waals surface area contributed by atoms with Crippen molar-refractivity contribution in [1.82, 2.24) is 0 Å². The first-order valence-electron chi connectivity index (χ1n) is 5.98. The van der Waals surface area contributed by atoms with E-state index in [1.54, 1.807) is 12.1 Å². The SMILES string of the molecule is CCCOC(COc1ccc(F)c(Br)c1)OCC. The first-order chi connectivity index (χ1) is 8.67. The minimum atomic E-state index is -0.390. The molecule has 0 spiro atoms. The van der Waals surface area contributed by atoms with E-state index in [9.17, 15) is 4.39 Å². The predicted octanol–water partition coefficient (Wildman–Crippen LogP) is 3.76. The molecule has 0 aliphatic rings. The van der Waals surface area contributed by atoms with Crippen LogP contribution in [0.4, 0.5) is 4.39 Å². The summed E-state index contributed by atoms with van der Waals surface area (Å²) in [7, 11) is 0. The van der Waals surface area contributed by atoms with Crippen LogP contribution in [0.2, 0.25) is 0 Å². The number of benzene rings is 1. The quantitative estimate of drug-likeness (QED) is 0.683. The number of rotatable bonds is 8. The van der Waals surface area contributed by atoms with Gasteiger partial charge in [-0.05, 0) is 47.5 Å². The summed E-state index contributed by atoms with van der Waals surface area (Å²) in [5.74, 6) is 0.263. The molecule has 0 bridgehead atoms. The molecule has 0 saturated carbocycles. The third-order valence-corrected chi connectivity index (χ3v) is 2.75. The lowest BCUT2D eigenvalue weighted by atomic mass is 10.3. The Morgan fingerprint density at radius 1 is 1.28 bits per heavy atom. The van der Waals surface area contributed by atoms with Crippen LogP contribution in [0.25, 0.3) is 0 Å². The van der Waals surface area contributed by atoms with Crippen LogP contribution in [-0.2, 0) is 9.47 Å². The van der Waals surface area contributed by atoms with E-state index in [0.717, 1.165) is 6.42 Å². The van der Waals surface area contributed by atoms with Crippen LogP contribution >= 0.6 is 15.9 Å². The second-order valence-electron chi connectivity index (χ2n) is 3.64. The Hall–Kier alpha value is -0.650. The smallest absolute Gasteiger partial charge is 0.191 e. The Balaban J connectivity index is 2.47. The molecular formula is C13H18BrFO3. The fourth-order valence-electron chi connectivity index (χ4n) is 1.31. The van der Waals surface area contributed by atoms with E-state index in [-0.39, 0.29) is 12.4 Å². The van der Waals surface area contributed by atoms with Gasteiger partial charge in [-0.3, -0.25) is 0 Å². The summed E-state index contributed by atoms with van der Waals surface area (Å²) in [6, 6.07) is 4.50. The van der Waals surface area contributed by atoms with Gasteiger partial charge in [0, 0.05) is 13.2 Å². The van der Waals surface area contributed by atoms with Crippen molar-refractivity contribution >= 4 is 15.9 Å². The summed E-state index contributed by atoms with van der Waals surface area (Å²) in [6.45, 7) is 5.40. The third kappa shape index (κ3) is 5.33. The topological polar surface area (TPSA) is 27.7 Å². The summed E-state index contributed by atoms with van der Waals surface area (Å²) in [5, 5.41) is 0. The second-order valence-corrected chi connectivity index (χ2v) is 4.50. The molecule has 0 aromatic heterocycles. The standard InChI is InChI=1S/C13H18BrFO3/c1-3-7-17-13(16-4-2)9-18-10-5-6-12(15)11(14)8-10/h5-6,8,13H,3-4,7,9H2,1-2H3. The van der Waals surface area contributed by atoms with Gasteiger partial charge in [-0.2, -0.15) is 0 Å². The van der Waals surface area contributed by atoms with Crippen molar-refractivity contribution in [3.05, 3.63) is 28.5 Å². The van der Waals surface area contributed by atoms with E-state index in [0.29, 0.717) is 23.4 Å². The average molecular weight is 321 g/mol. The van der Waals surface area contributed by atoms with Gasteiger partial charge in [0.15, 0.2) is 6.29 Å². The van der Waals surface area contributed by atoms with E-state index in [1.807, 2.05) is 13.8 Å². The fourth-order valence-corrected chi connectivity index (χ4v) is 1.67. The molecule has 1 unspecified atom stereocenters. The Morgan fingerprint density at radius 2 is 2.06 bits per heavy atom. The first kappa shape index (κ1) is 15.4. The van der Waals surface area contributed by atoms with Gasteiger partial charge in [-0.1, -0.05) is 6.92 Å². The maximum Gasteiger partial charge on any atom is 0.191 e. The number of halogens is 2. The van der Waals surface area contributed by atoms with Gasteiger partial charge in [0.1, 0.15) is 18.2 Å². The number of hydrogen-bond donors (Lipinski definition) is 0. The summed E-state index contributed by atoms with van der Waals surface area (Å²) in [4.78, 5) is 0. The van der Waals surface area contributed by atoms with Crippen molar-refractivity contribution in [3.63, 3.8) is 0 Å². The molecule has 0 radical (unpaired) electrons. The summed E-state index contributed by atoms with van der Waals surface area (Å²) in [6.07, 6.45) is 0.532. The van der Waals surface area contributed by atoms with Crippen LogP contribution in [0.15, 0.2) is 22.7 Å². The summed E-state index contributed by atoms with van der Waals surface area (Å²) in [5.41, 5.74) is 0. The molecule has 0 fully saturated rings. The van der Waals surface area contributed by atoms with Crippen LogP contribution in [-0.4, -0.2) is 26.1 Å². The zero-order valence-electron chi connectivity index (χ0n) is 10.6. The highest BCUT2D eigenvalue weighted by atomic mass is 79.9. The molecule has 1 aromatic rings. The molecule has 0 N–H and O–H groups in total. The van der Waals surface area contributed by atoms with Crippen molar-refractivity contribution in [2.75, 3.05) is 19.8 Å². The van der Waals surface area contributed by atoms with Crippen molar-refractivity contribution < 1.29 is 18.6 Å². The molecule has 0 aliphatic carbocycles. The van der Waals surface area contributed by atoms with Crippen LogP contribution in [0.3, 0.4) is 0 Å². The zero-order valence-corrected chi connectivity index (χ0v) is 12.2. The fraction of sp³-hybridized carbons (Fsp3) is 0.538. The normalized spacial score (nSPS) is 12.4. The molecule has 1 aromatic carbocycles. The van der Waals surface area contributed by atoms with Crippen LogP contribution in [0.1, 0.15) is 20.3 Å².